The van der Waals surface area contributed by atoms with E-state index in [-0.39, 0.29) is 19.7 Å². The lowest BCUT2D eigenvalue weighted by atomic mass is 10.1. The largest absolute Gasteiger partial charge is 0.450 e. The highest BCUT2D eigenvalue weighted by Gasteiger charge is 2.24. The fraction of sp³-hybridized carbons (Fsp3) is 0.368. The summed E-state index contributed by atoms with van der Waals surface area (Å²) in [7, 11) is 0. The molecule has 1 aromatic carbocycles. The number of carbonyl (C=O) groups excluding carboxylic acids is 2. The van der Waals surface area contributed by atoms with Crippen molar-refractivity contribution in [3.8, 4) is 0 Å². The van der Waals surface area contributed by atoms with Crippen LogP contribution < -0.4 is 10.9 Å². The molecule has 0 aliphatic carbocycles. The van der Waals surface area contributed by atoms with Gasteiger partial charge in [0.2, 0.25) is 5.91 Å². The third-order valence-electron chi connectivity index (χ3n) is 4.42. The summed E-state index contributed by atoms with van der Waals surface area (Å²) in [6.07, 6.45) is 0.0289. The topological polar surface area (TPSA) is 93.5 Å². The second kappa shape index (κ2) is 8.20. The molecule has 2 heterocycles. The number of aromatic nitrogens is 2. The highest BCUT2D eigenvalue weighted by atomic mass is 19.1. The number of amides is 2. The lowest BCUT2D eigenvalue weighted by Crippen LogP contribution is -2.39. The van der Waals surface area contributed by atoms with Crippen LogP contribution in [-0.4, -0.2) is 39.8 Å². The molecule has 3 rings (SSSR count). The fourth-order valence-electron chi connectivity index (χ4n) is 2.93. The Labute approximate surface area is 160 Å². The molecule has 1 N–H and O–H groups in total. The average molecular weight is 388 g/mol. The number of anilines is 1. The number of aryl methyl sites for hydroxylation is 1. The first kappa shape index (κ1) is 19.5. The van der Waals surface area contributed by atoms with Gasteiger partial charge < -0.3 is 15.0 Å². The molecule has 9 heteroatoms. The van der Waals surface area contributed by atoms with Crippen LogP contribution in [0.2, 0.25) is 0 Å². The first-order valence-electron chi connectivity index (χ1n) is 8.95. The molecule has 1 aliphatic rings. The third-order valence-corrected chi connectivity index (χ3v) is 4.42. The Morgan fingerprint density at radius 2 is 2.11 bits per heavy atom. The van der Waals surface area contributed by atoms with Crippen molar-refractivity contribution < 1.29 is 18.7 Å². The molecule has 2 aromatic rings. The maximum absolute atomic E-state index is 13.6. The monoisotopic (exact) mass is 388 g/mol. The molecule has 1 aliphatic heterocycles. The molecule has 0 unspecified atom stereocenters. The number of hydrogen-bond donors (Lipinski definition) is 1. The summed E-state index contributed by atoms with van der Waals surface area (Å²) < 4.78 is 19.6. The molecular formula is C19H21FN4O4. The molecule has 8 nitrogen and oxygen atoms in total. The molecule has 0 fully saturated rings. The van der Waals surface area contributed by atoms with Crippen molar-refractivity contribution in [2.45, 2.75) is 33.4 Å². The highest BCUT2D eigenvalue weighted by molar-refractivity contribution is 5.90. The average Bonchev–Trinajstić information content (AvgIpc) is 2.65. The van der Waals surface area contributed by atoms with Gasteiger partial charge in [0.1, 0.15) is 12.4 Å². The Bertz CT molecular complexity index is 973. The van der Waals surface area contributed by atoms with Gasteiger partial charge >= 0.3 is 6.09 Å². The summed E-state index contributed by atoms with van der Waals surface area (Å²) in [5.74, 6) is -0.908. The standard InChI is InChI=1S/C19H21FN4O4/c1-3-28-19(27)23-7-6-16-13(10-23)8-18(26)24(22-16)11-17(25)21-14-5-4-12(2)15(20)9-14/h4-5,8-9H,3,6-7,10-11H2,1-2H3,(H,21,25). The van der Waals surface area contributed by atoms with Gasteiger partial charge in [0, 0.05) is 30.3 Å². The number of rotatable bonds is 4. The second-order valence-corrected chi connectivity index (χ2v) is 6.49. The van der Waals surface area contributed by atoms with Crippen LogP contribution in [0.25, 0.3) is 0 Å². The molecule has 0 atom stereocenters. The summed E-state index contributed by atoms with van der Waals surface area (Å²) in [6.45, 7) is 4.01. The first-order chi connectivity index (χ1) is 13.4. The lowest BCUT2D eigenvalue weighted by molar-refractivity contribution is -0.117. The van der Waals surface area contributed by atoms with Crippen LogP contribution in [-0.2, 0) is 29.0 Å². The minimum absolute atomic E-state index is 0.242. The van der Waals surface area contributed by atoms with Crippen molar-refractivity contribution in [2.75, 3.05) is 18.5 Å². The van der Waals surface area contributed by atoms with Crippen LogP contribution in [0.1, 0.15) is 23.7 Å². The van der Waals surface area contributed by atoms with Crippen molar-refractivity contribution >= 4 is 17.7 Å². The van der Waals surface area contributed by atoms with E-state index in [1.807, 2.05) is 0 Å². The van der Waals surface area contributed by atoms with Crippen molar-refractivity contribution in [1.29, 1.82) is 0 Å². The number of fused-ring (bicyclic) bond motifs is 1. The van der Waals surface area contributed by atoms with Gasteiger partial charge in [-0.25, -0.2) is 13.9 Å². The van der Waals surface area contributed by atoms with Crippen LogP contribution in [0.15, 0.2) is 29.1 Å². The smallest absolute Gasteiger partial charge is 0.410 e. The number of nitrogens with one attached hydrogen (secondary N) is 1. The van der Waals surface area contributed by atoms with E-state index in [1.54, 1.807) is 26.0 Å². The van der Waals surface area contributed by atoms with E-state index >= 15 is 0 Å². The Morgan fingerprint density at radius 3 is 2.82 bits per heavy atom. The van der Waals surface area contributed by atoms with E-state index < -0.39 is 23.4 Å². The number of carbonyl (C=O) groups is 2. The van der Waals surface area contributed by atoms with Crippen LogP contribution in [0.5, 0.6) is 0 Å². The van der Waals surface area contributed by atoms with Crippen LogP contribution >= 0.6 is 0 Å². The number of ether oxygens (including phenoxy) is 1. The third kappa shape index (κ3) is 4.36. The van der Waals surface area contributed by atoms with Gasteiger partial charge in [0.15, 0.2) is 0 Å². The minimum atomic E-state index is -0.484. The van der Waals surface area contributed by atoms with Crippen LogP contribution in [0.3, 0.4) is 0 Å². The zero-order chi connectivity index (χ0) is 20.3. The van der Waals surface area contributed by atoms with Gasteiger partial charge in [-0.15, -0.1) is 0 Å². The van der Waals surface area contributed by atoms with Crippen LogP contribution in [0.4, 0.5) is 14.9 Å². The Hall–Kier alpha value is -3.23. The van der Waals surface area contributed by atoms with E-state index in [1.165, 1.54) is 17.0 Å². The number of nitrogens with zero attached hydrogens (tertiary/aromatic N) is 3. The fourth-order valence-corrected chi connectivity index (χ4v) is 2.93. The maximum Gasteiger partial charge on any atom is 0.410 e. The molecule has 28 heavy (non-hydrogen) atoms. The maximum atomic E-state index is 13.6. The molecule has 1 aromatic heterocycles. The molecule has 2 amide bonds. The van der Waals surface area contributed by atoms with E-state index in [0.29, 0.717) is 35.5 Å². The SMILES string of the molecule is CCOC(=O)N1CCc2nn(CC(=O)Nc3ccc(C)c(F)c3)c(=O)cc2C1. The van der Waals surface area contributed by atoms with E-state index in [4.69, 9.17) is 4.74 Å². The molecule has 0 saturated carbocycles. The van der Waals surface area contributed by atoms with Crippen molar-refractivity contribution in [2.24, 2.45) is 0 Å². The van der Waals surface area contributed by atoms with Gasteiger partial charge in [0.25, 0.3) is 5.56 Å². The van der Waals surface area contributed by atoms with Gasteiger partial charge in [-0.2, -0.15) is 5.10 Å². The first-order valence-corrected chi connectivity index (χ1v) is 8.95. The minimum Gasteiger partial charge on any atom is -0.450 e. The summed E-state index contributed by atoms with van der Waals surface area (Å²) in [5, 5.41) is 6.81. The predicted octanol–water partition coefficient (Wildman–Crippen LogP) is 1.84. The van der Waals surface area contributed by atoms with Gasteiger partial charge in [-0.3, -0.25) is 9.59 Å². The second-order valence-electron chi connectivity index (χ2n) is 6.49. The normalized spacial score (nSPS) is 13.0. The Balaban J connectivity index is 1.70. The Kier molecular flexibility index (Phi) is 5.72. The molecular weight excluding hydrogens is 367 g/mol. The van der Waals surface area contributed by atoms with Crippen molar-refractivity contribution in [3.63, 3.8) is 0 Å². The lowest BCUT2D eigenvalue weighted by Gasteiger charge is -2.27. The molecule has 0 saturated heterocycles. The molecule has 148 valence electrons. The molecule has 0 radical (unpaired) electrons. The summed E-state index contributed by atoms with van der Waals surface area (Å²) in [6, 6.07) is 5.75. The zero-order valence-electron chi connectivity index (χ0n) is 15.7. The van der Waals surface area contributed by atoms with Gasteiger partial charge in [0.05, 0.1) is 18.8 Å². The predicted molar refractivity (Wildman–Crippen MR) is 99.4 cm³/mol. The van der Waals surface area contributed by atoms with E-state index in [0.717, 1.165) is 4.68 Å². The number of halogens is 1. The van der Waals surface area contributed by atoms with Crippen LogP contribution in [0, 0.1) is 12.7 Å². The number of benzene rings is 1. The number of hydrogen-bond acceptors (Lipinski definition) is 5. The summed E-state index contributed by atoms with van der Waals surface area (Å²) >= 11 is 0. The van der Waals surface area contributed by atoms with E-state index in [2.05, 4.69) is 10.4 Å². The van der Waals surface area contributed by atoms with Gasteiger partial charge in [-0.1, -0.05) is 6.07 Å². The molecule has 0 spiro atoms. The van der Waals surface area contributed by atoms with Crippen molar-refractivity contribution in [3.05, 3.63) is 57.3 Å². The molecule has 0 bridgehead atoms. The summed E-state index contributed by atoms with van der Waals surface area (Å²) in [5.41, 5.74) is 1.64. The van der Waals surface area contributed by atoms with E-state index in [9.17, 15) is 18.8 Å². The highest BCUT2D eigenvalue weighted by Crippen LogP contribution is 2.16. The summed E-state index contributed by atoms with van der Waals surface area (Å²) in [4.78, 5) is 37.9. The quantitative estimate of drug-likeness (QED) is 0.863. The van der Waals surface area contributed by atoms with Crippen molar-refractivity contribution in [1.82, 2.24) is 14.7 Å². The zero-order valence-corrected chi connectivity index (χ0v) is 15.7. The Morgan fingerprint density at radius 1 is 1.32 bits per heavy atom. The van der Waals surface area contributed by atoms with Gasteiger partial charge in [-0.05, 0) is 31.5 Å².